The number of ether oxygens (including phenoxy) is 1. The molecule has 3 aromatic carbocycles. The third-order valence-electron chi connectivity index (χ3n) is 4.84. The van der Waals surface area contributed by atoms with Crippen molar-refractivity contribution in [3.05, 3.63) is 77.9 Å². The molecule has 1 heterocycles. The molecule has 0 saturated heterocycles. The molecule has 9 heteroatoms. The van der Waals surface area contributed by atoms with Gasteiger partial charge in [0.2, 0.25) is 5.82 Å². The second-order valence-corrected chi connectivity index (χ2v) is 6.84. The molecule has 1 N–H and O–H groups in total. The van der Waals surface area contributed by atoms with Crippen molar-refractivity contribution in [1.29, 1.82) is 0 Å². The molecule has 1 aromatic heterocycles. The van der Waals surface area contributed by atoms with E-state index in [4.69, 9.17) is 4.74 Å². The molecular weight excluding hydrogens is 421 g/mol. The fourth-order valence-electron chi connectivity index (χ4n) is 3.42. The van der Waals surface area contributed by atoms with Gasteiger partial charge in [-0.05, 0) is 53.1 Å². The first-order valence-electron chi connectivity index (χ1n) is 9.70. The van der Waals surface area contributed by atoms with Gasteiger partial charge in [0, 0.05) is 11.1 Å². The van der Waals surface area contributed by atoms with E-state index in [0.29, 0.717) is 33.4 Å². The lowest BCUT2D eigenvalue weighted by atomic mass is 9.89. The number of aromatic nitrogens is 4. The van der Waals surface area contributed by atoms with E-state index in [1.807, 2.05) is 0 Å². The van der Waals surface area contributed by atoms with Gasteiger partial charge in [0.15, 0.2) is 0 Å². The lowest BCUT2D eigenvalue weighted by Crippen LogP contribution is -2.05. The summed E-state index contributed by atoms with van der Waals surface area (Å²) in [5.74, 6) is -0.194. The minimum Gasteiger partial charge on any atom is -0.462 e. The molecule has 0 unspecified atom stereocenters. The van der Waals surface area contributed by atoms with Crippen LogP contribution < -0.4 is 0 Å². The minimum atomic E-state index is -4.49. The molecule has 0 aliphatic rings. The number of esters is 1. The fraction of sp³-hybridized carbons (Fsp3) is 0.130. The van der Waals surface area contributed by atoms with E-state index < -0.39 is 17.7 Å². The second kappa shape index (κ2) is 8.62. The number of carbonyl (C=O) groups is 1. The van der Waals surface area contributed by atoms with Gasteiger partial charge in [-0.1, -0.05) is 42.5 Å². The molecule has 0 bridgehead atoms. The van der Waals surface area contributed by atoms with E-state index in [1.54, 1.807) is 55.5 Å². The average Bonchev–Trinajstić information content (AvgIpc) is 3.33. The van der Waals surface area contributed by atoms with Crippen LogP contribution in [0.25, 0.3) is 33.6 Å². The minimum absolute atomic E-state index is 0.252. The van der Waals surface area contributed by atoms with Gasteiger partial charge in [-0.25, -0.2) is 4.79 Å². The van der Waals surface area contributed by atoms with Crippen LogP contribution in [0.5, 0.6) is 0 Å². The van der Waals surface area contributed by atoms with Crippen LogP contribution in [-0.4, -0.2) is 33.2 Å². The predicted molar refractivity (Wildman–Crippen MR) is 111 cm³/mol. The van der Waals surface area contributed by atoms with Crippen LogP contribution in [0.3, 0.4) is 0 Å². The van der Waals surface area contributed by atoms with Crippen molar-refractivity contribution in [3.8, 4) is 33.6 Å². The molecule has 32 heavy (non-hydrogen) atoms. The average molecular weight is 438 g/mol. The number of hydrogen-bond acceptors (Lipinski definition) is 5. The Kier molecular flexibility index (Phi) is 5.72. The summed E-state index contributed by atoms with van der Waals surface area (Å²) < 4.78 is 45.1. The SMILES string of the molecule is CCOC(=O)c1ccc(-c2cccc(-c3nn[nH]n3)c2-c2cccc(C(F)(F)F)c2)cc1. The van der Waals surface area contributed by atoms with Crippen molar-refractivity contribution in [3.63, 3.8) is 0 Å². The number of aromatic amines is 1. The topological polar surface area (TPSA) is 80.8 Å². The van der Waals surface area contributed by atoms with Gasteiger partial charge >= 0.3 is 12.1 Å². The number of halogens is 3. The molecular formula is C23H17F3N4O2. The highest BCUT2D eigenvalue weighted by atomic mass is 19.4. The maximum absolute atomic E-state index is 13.4. The van der Waals surface area contributed by atoms with Gasteiger partial charge in [-0.2, -0.15) is 18.4 Å². The highest BCUT2D eigenvalue weighted by Crippen LogP contribution is 2.40. The second-order valence-electron chi connectivity index (χ2n) is 6.84. The molecule has 162 valence electrons. The number of tetrazole rings is 1. The molecule has 0 atom stereocenters. The first kappa shape index (κ1) is 21.2. The summed E-state index contributed by atoms with van der Waals surface area (Å²) in [5.41, 5.74) is 2.36. The molecule has 0 aliphatic carbocycles. The molecule has 4 aromatic rings. The lowest BCUT2D eigenvalue weighted by molar-refractivity contribution is -0.137. The Bertz CT molecular complexity index is 1240. The number of rotatable bonds is 5. The normalized spacial score (nSPS) is 11.4. The van der Waals surface area contributed by atoms with E-state index in [1.165, 1.54) is 6.07 Å². The summed E-state index contributed by atoms with van der Waals surface area (Å²) >= 11 is 0. The number of hydrogen-bond donors (Lipinski definition) is 1. The number of benzene rings is 3. The number of carbonyl (C=O) groups excluding carboxylic acids is 1. The third kappa shape index (κ3) is 4.22. The molecule has 0 amide bonds. The van der Waals surface area contributed by atoms with Crippen LogP contribution in [0.2, 0.25) is 0 Å². The standard InChI is InChI=1S/C23H17F3N4O2/c1-2-32-22(31)15-11-9-14(10-12-15)18-7-4-8-19(21-27-29-30-28-21)20(18)16-5-3-6-17(13-16)23(24,25)26/h3-13H,2H2,1H3,(H,27,28,29,30). The van der Waals surface area contributed by atoms with Crippen molar-refractivity contribution < 1.29 is 22.7 Å². The fourth-order valence-corrected chi connectivity index (χ4v) is 3.42. The molecule has 0 fully saturated rings. The van der Waals surface area contributed by atoms with Gasteiger partial charge in [0.25, 0.3) is 0 Å². The Labute approximate surface area is 181 Å². The molecule has 0 aliphatic heterocycles. The van der Waals surface area contributed by atoms with Crippen molar-refractivity contribution in [1.82, 2.24) is 20.6 Å². The maximum atomic E-state index is 13.4. The highest BCUT2D eigenvalue weighted by molar-refractivity contribution is 5.94. The number of nitrogens with one attached hydrogen (secondary N) is 1. The van der Waals surface area contributed by atoms with E-state index in [0.717, 1.165) is 12.1 Å². The van der Waals surface area contributed by atoms with Gasteiger partial charge < -0.3 is 4.74 Å². The van der Waals surface area contributed by atoms with Gasteiger partial charge in [-0.3, -0.25) is 0 Å². The summed E-state index contributed by atoms with van der Waals surface area (Å²) in [6, 6.07) is 17.0. The first-order chi connectivity index (χ1) is 15.4. The zero-order chi connectivity index (χ0) is 22.7. The number of alkyl halides is 3. The van der Waals surface area contributed by atoms with Crippen molar-refractivity contribution in [2.45, 2.75) is 13.1 Å². The van der Waals surface area contributed by atoms with Crippen LogP contribution in [-0.2, 0) is 10.9 Å². The largest absolute Gasteiger partial charge is 0.462 e. The zero-order valence-corrected chi connectivity index (χ0v) is 16.8. The van der Waals surface area contributed by atoms with Crippen molar-refractivity contribution in [2.75, 3.05) is 6.61 Å². The van der Waals surface area contributed by atoms with E-state index >= 15 is 0 Å². The van der Waals surface area contributed by atoms with E-state index in [9.17, 15) is 18.0 Å². The van der Waals surface area contributed by atoms with Crippen LogP contribution in [0.15, 0.2) is 66.7 Å². The summed E-state index contributed by atoms with van der Waals surface area (Å²) in [6.45, 7) is 1.98. The summed E-state index contributed by atoms with van der Waals surface area (Å²) in [5, 5.41) is 14.0. The van der Waals surface area contributed by atoms with E-state index in [2.05, 4.69) is 20.6 Å². The van der Waals surface area contributed by atoms with Crippen molar-refractivity contribution in [2.24, 2.45) is 0 Å². The van der Waals surface area contributed by atoms with Gasteiger partial charge in [0.05, 0.1) is 17.7 Å². The van der Waals surface area contributed by atoms with Gasteiger partial charge in [0.1, 0.15) is 0 Å². The van der Waals surface area contributed by atoms with Crippen molar-refractivity contribution >= 4 is 5.97 Å². The quantitative estimate of drug-likeness (QED) is 0.422. The molecule has 6 nitrogen and oxygen atoms in total. The monoisotopic (exact) mass is 438 g/mol. The number of H-pyrrole nitrogens is 1. The predicted octanol–water partition coefficient (Wildman–Crippen LogP) is 5.40. The Morgan fingerprint density at radius 1 is 0.969 bits per heavy atom. The number of nitrogens with zero attached hydrogens (tertiary/aromatic N) is 3. The Morgan fingerprint density at radius 2 is 1.69 bits per heavy atom. The maximum Gasteiger partial charge on any atom is 0.416 e. The molecule has 0 radical (unpaired) electrons. The van der Waals surface area contributed by atoms with E-state index in [-0.39, 0.29) is 12.4 Å². The summed E-state index contributed by atoms with van der Waals surface area (Å²) in [4.78, 5) is 12.0. The van der Waals surface area contributed by atoms with Gasteiger partial charge in [-0.15, -0.1) is 10.2 Å². The Hall–Kier alpha value is -4.01. The zero-order valence-electron chi connectivity index (χ0n) is 16.8. The van der Waals surface area contributed by atoms with Crippen LogP contribution in [0.1, 0.15) is 22.8 Å². The highest BCUT2D eigenvalue weighted by Gasteiger charge is 2.31. The molecule has 0 spiro atoms. The third-order valence-corrected chi connectivity index (χ3v) is 4.84. The summed E-state index contributed by atoms with van der Waals surface area (Å²) in [6.07, 6.45) is -4.49. The van der Waals surface area contributed by atoms with Crippen LogP contribution in [0, 0.1) is 0 Å². The Balaban J connectivity index is 1.90. The smallest absolute Gasteiger partial charge is 0.416 e. The Morgan fingerprint density at radius 3 is 2.34 bits per heavy atom. The van der Waals surface area contributed by atoms with Crippen LogP contribution in [0.4, 0.5) is 13.2 Å². The lowest BCUT2D eigenvalue weighted by Gasteiger charge is -2.16. The van der Waals surface area contributed by atoms with Crippen LogP contribution >= 0.6 is 0 Å². The first-order valence-corrected chi connectivity index (χ1v) is 9.70. The summed E-state index contributed by atoms with van der Waals surface area (Å²) in [7, 11) is 0. The molecule has 4 rings (SSSR count). The molecule has 0 saturated carbocycles.